The molecule has 106 valence electrons. The standard InChI is InChI=1S/C14H29N3O/c18-13-12-17-8-1-7-16(10-11-17)9-4-14-2-5-15-6-3-14/h14-15,18H,1-13H2. The van der Waals surface area contributed by atoms with E-state index < -0.39 is 0 Å². The minimum atomic E-state index is 0.301. The van der Waals surface area contributed by atoms with Crippen LogP contribution in [0.3, 0.4) is 0 Å². The Morgan fingerprint density at radius 1 is 0.944 bits per heavy atom. The van der Waals surface area contributed by atoms with Gasteiger partial charge in [-0.2, -0.15) is 0 Å². The molecule has 0 aliphatic carbocycles. The molecular weight excluding hydrogens is 226 g/mol. The Labute approximate surface area is 111 Å². The van der Waals surface area contributed by atoms with Crippen LogP contribution in [0.15, 0.2) is 0 Å². The number of aliphatic hydroxyl groups excluding tert-OH is 1. The van der Waals surface area contributed by atoms with E-state index in [0.29, 0.717) is 6.61 Å². The molecule has 2 heterocycles. The third-order valence-electron chi connectivity index (χ3n) is 4.41. The zero-order chi connectivity index (χ0) is 12.6. The number of piperidine rings is 1. The first kappa shape index (κ1) is 14.3. The highest BCUT2D eigenvalue weighted by atomic mass is 16.3. The molecule has 0 amide bonds. The molecule has 18 heavy (non-hydrogen) atoms. The van der Waals surface area contributed by atoms with Crippen LogP contribution in [0.2, 0.25) is 0 Å². The highest BCUT2D eigenvalue weighted by Gasteiger charge is 2.17. The molecule has 0 aromatic rings. The predicted molar refractivity (Wildman–Crippen MR) is 74.8 cm³/mol. The lowest BCUT2D eigenvalue weighted by molar-refractivity contribution is 0.193. The van der Waals surface area contributed by atoms with Crippen LogP contribution in [0, 0.1) is 5.92 Å². The summed E-state index contributed by atoms with van der Waals surface area (Å²) < 4.78 is 0. The van der Waals surface area contributed by atoms with Crippen molar-refractivity contribution in [3.8, 4) is 0 Å². The highest BCUT2D eigenvalue weighted by Crippen LogP contribution is 2.16. The summed E-state index contributed by atoms with van der Waals surface area (Å²) in [6, 6.07) is 0. The summed E-state index contributed by atoms with van der Waals surface area (Å²) >= 11 is 0. The second kappa shape index (κ2) is 8.10. The first-order valence-corrected chi connectivity index (χ1v) is 7.65. The van der Waals surface area contributed by atoms with Crippen molar-refractivity contribution in [2.45, 2.75) is 25.7 Å². The van der Waals surface area contributed by atoms with E-state index in [0.717, 1.165) is 25.6 Å². The van der Waals surface area contributed by atoms with Gasteiger partial charge in [0.25, 0.3) is 0 Å². The SMILES string of the molecule is OCCN1CCCN(CCC2CCNCC2)CC1. The summed E-state index contributed by atoms with van der Waals surface area (Å²) in [4.78, 5) is 5.02. The van der Waals surface area contributed by atoms with Crippen molar-refractivity contribution in [2.24, 2.45) is 5.92 Å². The van der Waals surface area contributed by atoms with E-state index in [9.17, 15) is 0 Å². The van der Waals surface area contributed by atoms with Gasteiger partial charge in [0.1, 0.15) is 0 Å². The Morgan fingerprint density at radius 3 is 2.28 bits per heavy atom. The molecule has 0 aromatic heterocycles. The number of hydrogen-bond donors (Lipinski definition) is 2. The lowest BCUT2D eigenvalue weighted by Gasteiger charge is -2.26. The van der Waals surface area contributed by atoms with Crippen molar-refractivity contribution in [3.63, 3.8) is 0 Å². The second-order valence-corrected chi connectivity index (χ2v) is 5.74. The average molecular weight is 255 g/mol. The van der Waals surface area contributed by atoms with Crippen molar-refractivity contribution in [2.75, 3.05) is 59.0 Å². The van der Waals surface area contributed by atoms with E-state index in [1.807, 2.05) is 0 Å². The van der Waals surface area contributed by atoms with Gasteiger partial charge in [-0.05, 0) is 64.3 Å². The second-order valence-electron chi connectivity index (χ2n) is 5.74. The van der Waals surface area contributed by atoms with Gasteiger partial charge >= 0.3 is 0 Å². The molecule has 0 spiro atoms. The van der Waals surface area contributed by atoms with Gasteiger partial charge in [-0.25, -0.2) is 0 Å². The molecule has 2 fully saturated rings. The predicted octanol–water partition coefficient (Wildman–Crippen LogP) is 0.376. The van der Waals surface area contributed by atoms with Crippen LogP contribution in [0.5, 0.6) is 0 Å². The number of hydrogen-bond acceptors (Lipinski definition) is 4. The van der Waals surface area contributed by atoms with E-state index in [4.69, 9.17) is 5.11 Å². The van der Waals surface area contributed by atoms with E-state index in [-0.39, 0.29) is 0 Å². The highest BCUT2D eigenvalue weighted by molar-refractivity contribution is 4.73. The molecule has 4 heteroatoms. The van der Waals surface area contributed by atoms with Gasteiger partial charge in [0.05, 0.1) is 6.61 Å². The molecule has 4 nitrogen and oxygen atoms in total. The third-order valence-corrected chi connectivity index (χ3v) is 4.41. The van der Waals surface area contributed by atoms with Crippen molar-refractivity contribution in [3.05, 3.63) is 0 Å². The largest absolute Gasteiger partial charge is 0.395 e. The molecule has 0 bridgehead atoms. The van der Waals surface area contributed by atoms with Crippen molar-refractivity contribution >= 4 is 0 Å². The maximum Gasteiger partial charge on any atom is 0.0558 e. The molecule has 2 aliphatic heterocycles. The minimum absolute atomic E-state index is 0.301. The number of rotatable bonds is 5. The van der Waals surface area contributed by atoms with Gasteiger partial charge < -0.3 is 15.3 Å². The molecular formula is C14H29N3O. The number of β-amino-alcohol motifs (C(OH)–C–C–N with tert-alkyl or cyclic N) is 1. The van der Waals surface area contributed by atoms with Crippen molar-refractivity contribution < 1.29 is 5.11 Å². The van der Waals surface area contributed by atoms with Gasteiger partial charge in [0.2, 0.25) is 0 Å². The van der Waals surface area contributed by atoms with Crippen LogP contribution in [0.4, 0.5) is 0 Å². The molecule has 2 saturated heterocycles. The topological polar surface area (TPSA) is 38.7 Å². The zero-order valence-corrected chi connectivity index (χ0v) is 11.6. The number of nitrogens with one attached hydrogen (secondary N) is 1. The van der Waals surface area contributed by atoms with Gasteiger partial charge in [-0.15, -0.1) is 0 Å². The Balaban J connectivity index is 1.63. The van der Waals surface area contributed by atoms with E-state index in [1.54, 1.807) is 0 Å². The summed E-state index contributed by atoms with van der Waals surface area (Å²) in [7, 11) is 0. The molecule has 0 atom stereocenters. The van der Waals surface area contributed by atoms with Crippen LogP contribution >= 0.6 is 0 Å². The molecule has 0 saturated carbocycles. The first-order valence-electron chi connectivity index (χ1n) is 7.65. The van der Waals surface area contributed by atoms with Crippen LogP contribution < -0.4 is 5.32 Å². The zero-order valence-electron chi connectivity index (χ0n) is 11.6. The van der Waals surface area contributed by atoms with E-state index in [2.05, 4.69) is 15.1 Å². The minimum Gasteiger partial charge on any atom is -0.395 e. The Hall–Kier alpha value is -0.160. The maximum absolute atomic E-state index is 8.99. The van der Waals surface area contributed by atoms with E-state index >= 15 is 0 Å². The number of aliphatic hydroxyl groups is 1. The summed E-state index contributed by atoms with van der Waals surface area (Å²) in [5.41, 5.74) is 0. The van der Waals surface area contributed by atoms with E-state index in [1.165, 1.54) is 58.4 Å². The Kier molecular flexibility index (Phi) is 6.41. The quantitative estimate of drug-likeness (QED) is 0.745. The maximum atomic E-state index is 8.99. The monoisotopic (exact) mass is 255 g/mol. The van der Waals surface area contributed by atoms with Crippen LogP contribution in [0.25, 0.3) is 0 Å². The lowest BCUT2D eigenvalue weighted by atomic mass is 9.94. The van der Waals surface area contributed by atoms with Gasteiger partial charge in [-0.1, -0.05) is 0 Å². The fraction of sp³-hybridized carbons (Fsp3) is 1.00. The Bertz CT molecular complexity index is 219. The average Bonchev–Trinajstić information content (AvgIpc) is 2.64. The molecule has 0 radical (unpaired) electrons. The van der Waals surface area contributed by atoms with Gasteiger partial charge in [-0.3, -0.25) is 4.90 Å². The van der Waals surface area contributed by atoms with Crippen LogP contribution in [-0.4, -0.2) is 73.9 Å². The third kappa shape index (κ3) is 4.84. The summed E-state index contributed by atoms with van der Waals surface area (Å²) in [5.74, 6) is 0.947. The molecule has 0 aromatic carbocycles. The first-order chi connectivity index (χ1) is 8.88. The molecule has 2 aliphatic rings. The summed E-state index contributed by atoms with van der Waals surface area (Å²) in [6.45, 7) is 9.58. The fourth-order valence-electron chi connectivity index (χ4n) is 3.15. The Morgan fingerprint density at radius 2 is 1.61 bits per heavy atom. The number of nitrogens with zero attached hydrogens (tertiary/aromatic N) is 2. The van der Waals surface area contributed by atoms with Crippen molar-refractivity contribution in [1.29, 1.82) is 0 Å². The summed E-state index contributed by atoms with van der Waals surface area (Å²) in [6.07, 6.45) is 5.36. The normalized spacial score (nSPS) is 25.2. The van der Waals surface area contributed by atoms with Gasteiger partial charge in [0.15, 0.2) is 0 Å². The smallest absolute Gasteiger partial charge is 0.0558 e. The molecule has 2 rings (SSSR count). The van der Waals surface area contributed by atoms with Crippen LogP contribution in [-0.2, 0) is 0 Å². The van der Waals surface area contributed by atoms with Gasteiger partial charge in [0, 0.05) is 19.6 Å². The van der Waals surface area contributed by atoms with Crippen LogP contribution in [0.1, 0.15) is 25.7 Å². The summed E-state index contributed by atoms with van der Waals surface area (Å²) in [5, 5.41) is 12.4. The fourth-order valence-corrected chi connectivity index (χ4v) is 3.15. The lowest BCUT2D eigenvalue weighted by Crippen LogP contribution is -2.34. The molecule has 0 unspecified atom stereocenters. The molecule has 2 N–H and O–H groups in total. The van der Waals surface area contributed by atoms with Crippen molar-refractivity contribution in [1.82, 2.24) is 15.1 Å².